The first-order valence-corrected chi connectivity index (χ1v) is 4.20. The van der Waals surface area contributed by atoms with E-state index < -0.39 is 0 Å². The van der Waals surface area contributed by atoms with Gasteiger partial charge in [0.15, 0.2) is 0 Å². The third kappa shape index (κ3) is 2.44. The molecule has 0 aliphatic carbocycles. The fraction of sp³-hybridized carbons (Fsp3) is 0.182. The van der Waals surface area contributed by atoms with Crippen LogP contribution in [0.4, 0.5) is 0 Å². The first-order chi connectivity index (χ1) is 6.27. The van der Waals surface area contributed by atoms with Crippen molar-refractivity contribution in [2.24, 2.45) is 0 Å². The van der Waals surface area contributed by atoms with Crippen LogP contribution in [0.15, 0.2) is 42.2 Å². The number of aromatic nitrogens is 1. The lowest BCUT2D eigenvalue weighted by Gasteiger charge is -1.98. The zero-order valence-electron chi connectivity index (χ0n) is 7.55. The Morgan fingerprint density at radius 1 is 1.23 bits per heavy atom. The van der Waals surface area contributed by atoms with Gasteiger partial charge in [0.1, 0.15) is 0 Å². The average molecular weight is 175 g/mol. The molecule has 0 bridgehead atoms. The molecule has 0 spiro atoms. The van der Waals surface area contributed by atoms with Crippen molar-refractivity contribution in [1.82, 2.24) is 4.98 Å². The lowest BCUT2D eigenvalue weighted by Crippen LogP contribution is -2.13. The molecule has 0 saturated carbocycles. The Morgan fingerprint density at radius 3 is 2.46 bits per heavy atom. The standard InChI is InChI=1S/C11H13NO/c1-3-5-9-7-8-10(6-4-2)12-11(9)13/h3-4,7-8H,1-2,5-6H2,(H,12,13). The Kier molecular flexibility index (Phi) is 3.26. The van der Waals surface area contributed by atoms with Crippen molar-refractivity contribution < 1.29 is 0 Å². The van der Waals surface area contributed by atoms with Gasteiger partial charge in [0.05, 0.1) is 0 Å². The number of aromatic amines is 1. The fourth-order valence-corrected chi connectivity index (χ4v) is 1.14. The summed E-state index contributed by atoms with van der Waals surface area (Å²) in [6.07, 6.45) is 4.80. The molecule has 0 aromatic carbocycles. The van der Waals surface area contributed by atoms with E-state index in [1.165, 1.54) is 0 Å². The molecule has 1 aromatic rings. The van der Waals surface area contributed by atoms with Gasteiger partial charge >= 0.3 is 0 Å². The van der Waals surface area contributed by atoms with Crippen LogP contribution in [0, 0.1) is 0 Å². The van der Waals surface area contributed by atoms with E-state index >= 15 is 0 Å². The minimum absolute atomic E-state index is 0.0285. The quantitative estimate of drug-likeness (QED) is 0.696. The molecule has 1 rings (SSSR count). The van der Waals surface area contributed by atoms with Crippen LogP contribution in [0.3, 0.4) is 0 Å². The number of nitrogens with one attached hydrogen (secondary N) is 1. The van der Waals surface area contributed by atoms with Crippen LogP contribution in [0.5, 0.6) is 0 Å². The van der Waals surface area contributed by atoms with Crippen LogP contribution in [0.25, 0.3) is 0 Å². The molecule has 0 atom stereocenters. The maximum Gasteiger partial charge on any atom is 0.251 e. The van der Waals surface area contributed by atoms with Gasteiger partial charge in [0.2, 0.25) is 0 Å². The molecule has 0 fully saturated rings. The SMILES string of the molecule is C=CCc1ccc(CC=C)c(=O)[nH]1. The Morgan fingerprint density at radius 2 is 1.92 bits per heavy atom. The monoisotopic (exact) mass is 175 g/mol. The Balaban J connectivity index is 2.97. The average Bonchev–Trinajstić information content (AvgIpc) is 2.10. The largest absolute Gasteiger partial charge is 0.326 e. The zero-order valence-corrected chi connectivity index (χ0v) is 7.55. The molecule has 0 unspecified atom stereocenters. The van der Waals surface area contributed by atoms with Crippen LogP contribution < -0.4 is 5.56 Å². The molecule has 0 radical (unpaired) electrons. The van der Waals surface area contributed by atoms with Crippen molar-refractivity contribution in [1.29, 1.82) is 0 Å². The second kappa shape index (κ2) is 4.45. The minimum atomic E-state index is -0.0285. The molecule has 0 aliphatic heterocycles. The van der Waals surface area contributed by atoms with E-state index in [1.807, 2.05) is 12.1 Å². The number of allylic oxidation sites excluding steroid dienone is 2. The van der Waals surface area contributed by atoms with E-state index in [9.17, 15) is 4.79 Å². The van der Waals surface area contributed by atoms with Gasteiger partial charge in [-0.1, -0.05) is 18.2 Å². The second-order valence-corrected chi connectivity index (χ2v) is 2.82. The maximum absolute atomic E-state index is 11.4. The summed E-state index contributed by atoms with van der Waals surface area (Å²) in [7, 11) is 0. The second-order valence-electron chi connectivity index (χ2n) is 2.82. The number of pyridine rings is 1. The summed E-state index contributed by atoms with van der Waals surface area (Å²) in [6, 6.07) is 3.74. The molecular formula is C11H13NO. The predicted molar refractivity (Wildman–Crippen MR) is 54.9 cm³/mol. The van der Waals surface area contributed by atoms with E-state index in [0.29, 0.717) is 12.8 Å². The molecule has 2 nitrogen and oxygen atoms in total. The van der Waals surface area contributed by atoms with Crippen molar-refractivity contribution in [2.75, 3.05) is 0 Å². The van der Waals surface area contributed by atoms with Crippen molar-refractivity contribution in [3.63, 3.8) is 0 Å². The molecule has 68 valence electrons. The predicted octanol–water partition coefficient (Wildman–Crippen LogP) is 1.83. The summed E-state index contributed by atoms with van der Waals surface area (Å²) in [4.78, 5) is 14.2. The molecule has 13 heavy (non-hydrogen) atoms. The first kappa shape index (κ1) is 9.52. The van der Waals surface area contributed by atoms with E-state index in [0.717, 1.165) is 11.3 Å². The van der Waals surface area contributed by atoms with Gasteiger partial charge in [-0.25, -0.2) is 0 Å². The summed E-state index contributed by atoms with van der Waals surface area (Å²) in [5, 5.41) is 0. The molecule has 1 aromatic heterocycles. The Labute approximate surface area is 77.6 Å². The minimum Gasteiger partial charge on any atom is -0.326 e. The van der Waals surface area contributed by atoms with Gasteiger partial charge < -0.3 is 4.98 Å². The normalized spacial score (nSPS) is 9.54. The molecular weight excluding hydrogens is 162 g/mol. The highest BCUT2D eigenvalue weighted by atomic mass is 16.1. The fourth-order valence-electron chi connectivity index (χ4n) is 1.14. The van der Waals surface area contributed by atoms with E-state index in [2.05, 4.69) is 18.1 Å². The Bertz CT molecular complexity index is 363. The van der Waals surface area contributed by atoms with Crippen LogP contribution >= 0.6 is 0 Å². The molecule has 0 amide bonds. The third-order valence-corrected chi connectivity index (χ3v) is 1.78. The van der Waals surface area contributed by atoms with Gasteiger partial charge in [-0.3, -0.25) is 4.79 Å². The highest BCUT2D eigenvalue weighted by Gasteiger charge is 1.97. The van der Waals surface area contributed by atoms with Crippen molar-refractivity contribution in [2.45, 2.75) is 12.8 Å². The number of H-pyrrole nitrogens is 1. The van der Waals surface area contributed by atoms with Crippen LogP contribution in [-0.4, -0.2) is 4.98 Å². The number of rotatable bonds is 4. The number of hydrogen-bond donors (Lipinski definition) is 1. The summed E-state index contributed by atoms with van der Waals surface area (Å²) in [5.74, 6) is 0. The lowest BCUT2D eigenvalue weighted by atomic mass is 10.2. The highest BCUT2D eigenvalue weighted by molar-refractivity contribution is 5.17. The van der Waals surface area contributed by atoms with Crippen LogP contribution in [0.1, 0.15) is 11.3 Å². The summed E-state index contributed by atoms with van der Waals surface area (Å²) < 4.78 is 0. The number of hydrogen-bond acceptors (Lipinski definition) is 1. The van der Waals surface area contributed by atoms with Gasteiger partial charge in [-0.2, -0.15) is 0 Å². The van der Waals surface area contributed by atoms with Gasteiger partial charge in [-0.15, -0.1) is 13.2 Å². The summed E-state index contributed by atoms with van der Waals surface area (Å²) in [5.41, 5.74) is 1.62. The van der Waals surface area contributed by atoms with Crippen molar-refractivity contribution in [3.8, 4) is 0 Å². The van der Waals surface area contributed by atoms with Crippen LogP contribution in [0.2, 0.25) is 0 Å². The molecule has 2 heteroatoms. The van der Waals surface area contributed by atoms with Gasteiger partial charge in [0.25, 0.3) is 5.56 Å². The Hall–Kier alpha value is -1.57. The van der Waals surface area contributed by atoms with E-state index in [-0.39, 0.29) is 5.56 Å². The van der Waals surface area contributed by atoms with Crippen LogP contribution in [-0.2, 0) is 12.8 Å². The summed E-state index contributed by atoms with van der Waals surface area (Å²) in [6.45, 7) is 7.19. The molecule has 0 aliphatic rings. The first-order valence-electron chi connectivity index (χ1n) is 4.20. The van der Waals surface area contributed by atoms with Gasteiger partial charge in [0, 0.05) is 17.7 Å². The van der Waals surface area contributed by atoms with E-state index in [1.54, 1.807) is 12.2 Å². The molecule has 1 N–H and O–H groups in total. The topological polar surface area (TPSA) is 32.9 Å². The van der Waals surface area contributed by atoms with Crippen molar-refractivity contribution in [3.05, 3.63) is 59.1 Å². The molecule has 0 saturated heterocycles. The third-order valence-electron chi connectivity index (χ3n) is 1.78. The molecule has 1 heterocycles. The summed E-state index contributed by atoms with van der Waals surface area (Å²) >= 11 is 0. The lowest BCUT2D eigenvalue weighted by molar-refractivity contribution is 1.03. The zero-order chi connectivity index (χ0) is 9.68. The smallest absolute Gasteiger partial charge is 0.251 e. The van der Waals surface area contributed by atoms with Gasteiger partial charge in [-0.05, 0) is 12.5 Å². The van der Waals surface area contributed by atoms with E-state index in [4.69, 9.17) is 0 Å². The van der Waals surface area contributed by atoms with Crippen molar-refractivity contribution >= 4 is 0 Å². The highest BCUT2D eigenvalue weighted by Crippen LogP contribution is 1.97. The maximum atomic E-state index is 11.4.